The minimum Gasteiger partial charge on any atom is -0.468 e. The molecule has 0 aliphatic carbocycles. The van der Waals surface area contributed by atoms with E-state index in [4.69, 9.17) is 14.2 Å². The fourth-order valence-electron chi connectivity index (χ4n) is 1.41. The van der Waals surface area contributed by atoms with Crippen LogP contribution >= 0.6 is 0 Å². The lowest BCUT2D eigenvalue weighted by atomic mass is 10.1. The maximum Gasteiger partial charge on any atom is 0.235 e. The molecule has 0 aromatic rings. The van der Waals surface area contributed by atoms with Crippen LogP contribution in [0, 0.1) is 0 Å². The third-order valence-corrected chi connectivity index (χ3v) is 1.99. The first-order chi connectivity index (χ1) is 5.31. The molecule has 3 nitrogen and oxygen atoms in total. The van der Waals surface area contributed by atoms with E-state index in [1.807, 2.05) is 13.0 Å². The van der Waals surface area contributed by atoms with Crippen LogP contribution in [0.2, 0.25) is 0 Å². The van der Waals surface area contributed by atoms with Gasteiger partial charge in [-0.3, -0.25) is 0 Å². The third-order valence-electron chi connectivity index (χ3n) is 1.99. The van der Waals surface area contributed by atoms with E-state index >= 15 is 0 Å². The zero-order chi connectivity index (χ0) is 7.73. The second kappa shape index (κ2) is 2.50. The van der Waals surface area contributed by atoms with E-state index in [0.29, 0.717) is 6.61 Å². The summed E-state index contributed by atoms with van der Waals surface area (Å²) in [6.45, 7) is 2.44. The van der Waals surface area contributed by atoms with Gasteiger partial charge in [-0.2, -0.15) is 0 Å². The number of hydrogen-bond donors (Lipinski definition) is 0. The fraction of sp³-hybridized carbons (Fsp3) is 0.750. The Morgan fingerprint density at radius 3 is 3.00 bits per heavy atom. The number of allylic oxidation sites excluding steroid dienone is 1. The van der Waals surface area contributed by atoms with Gasteiger partial charge in [0.15, 0.2) is 6.29 Å². The van der Waals surface area contributed by atoms with Crippen LogP contribution in [0.4, 0.5) is 0 Å². The van der Waals surface area contributed by atoms with Gasteiger partial charge in [-0.15, -0.1) is 0 Å². The summed E-state index contributed by atoms with van der Waals surface area (Å²) in [5.41, 5.74) is 0. The summed E-state index contributed by atoms with van der Waals surface area (Å²) in [6, 6.07) is 0. The molecule has 2 atom stereocenters. The van der Waals surface area contributed by atoms with Crippen LogP contribution in [0.25, 0.3) is 0 Å². The summed E-state index contributed by atoms with van der Waals surface area (Å²) in [7, 11) is 0. The normalized spacial score (nSPS) is 42.8. The van der Waals surface area contributed by atoms with Gasteiger partial charge in [0.2, 0.25) is 5.79 Å². The molecular formula is C8H12O3. The smallest absolute Gasteiger partial charge is 0.235 e. The Morgan fingerprint density at radius 2 is 2.45 bits per heavy atom. The van der Waals surface area contributed by atoms with Crippen LogP contribution in [0.1, 0.15) is 19.8 Å². The number of ether oxygens (including phenoxy) is 3. The van der Waals surface area contributed by atoms with Gasteiger partial charge in [-0.1, -0.05) is 0 Å². The molecule has 0 aromatic carbocycles. The van der Waals surface area contributed by atoms with Gasteiger partial charge in [-0.05, 0) is 19.4 Å². The summed E-state index contributed by atoms with van der Waals surface area (Å²) in [5.74, 6) is -0.464. The van der Waals surface area contributed by atoms with E-state index in [0.717, 1.165) is 12.8 Å². The third kappa shape index (κ3) is 1.26. The van der Waals surface area contributed by atoms with Gasteiger partial charge in [0.25, 0.3) is 0 Å². The van der Waals surface area contributed by atoms with Gasteiger partial charge in [0, 0.05) is 6.42 Å². The Labute approximate surface area is 65.9 Å². The molecule has 2 heterocycles. The highest BCUT2D eigenvalue weighted by Crippen LogP contribution is 2.31. The lowest BCUT2D eigenvalue weighted by Gasteiger charge is -2.28. The molecule has 0 aromatic heterocycles. The minimum absolute atomic E-state index is 0.124. The van der Waals surface area contributed by atoms with Gasteiger partial charge >= 0.3 is 0 Å². The topological polar surface area (TPSA) is 27.7 Å². The van der Waals surface area contributed by atoms with E-state index in [1.165, 1.54) is 0 Å². The van der Waals surface area contributed by atoms with E-state index < -0.39 is 5.79 Å². The van der Waals surface area contributed by atoms with Crippen LogP contribution in [0.3, 0.4) is 0 Å². The molecule has 0 amide bonds. The van der Waals surface area contributed by atoms with Crippen LogP contribution in [-0.2, 0) is 14.2 Å². The van der Waals surface area contributed by atoms with Gasteiger partial charge in [-0.25, -0.2) is 0 Å². The van der Waals surface area contributed by atoms with Crippen LogP contribution in [0.5, 0.6) is 0 Å². The van der Waals surface area contributed by atoms with Crippen molar-refractivity contribution >= 4 is 0 Å². The monoisotopic (exact) mass is 156 g/mol. The van der Waals surface area contributed by atoms with Crippen molar-refractivity contribution in [2.45, 2.75) is 31.8 Å². The summed E-state index contributed by atoms with van der Waals surface area (Å²) in [6.07, 6.45) is 5.48. The van der Waals surface area contributed by atoms with Gasteiger partial charge in [0.05, 0.1) is 6.26 Å². The predicted octanol–water partition coefficient (Wildman–Crippen LogP) is 1.40. The van der Waals surface area contributed by atoms with Crippen LogP contribution < -0.4 is 0 Å². The Bertz CT molecular complexity index is 178. The van der Waals surface area contributed by atoms with Crippen molar-refractivity contribution in [2.24, 2.45) is 0 Å². The highest BCUT2D eigenvalue weighted by molar-refractivity contribution is 4.88. The molecule has 3 heteroatoms. The van der Waals surface area contributed by atoms with Crippen LogP contribution in [-0.4, -0.2) is 18.7 Å². The van der Waals surface area contributed by atoms with Crippen LogP contribution in [0.15, 0.2) is 12.3 Å². The summed E-state index contributed by atoms with van der Waals surface area (Å²) in [5, 5.41) is 0. The van der Waals surface area contributed by atoms with E-state index in [2.05, 4.69) is 0 Å². The highest BCUT2D eigenvalue weighted by atomic mass is 16.8. The number of rotatable bonds is 0. The molecular weight excluding hydrogens is 144 g/mol. The largest absolute Gasteiger partial charge is 0.468 e. The van der Waals surface area contributed by atoms with Crippen molar-refractivity contribution in [1.29, 1.82) is 0 Å². The molecule has 1 fully saturated rings. The standard InChI is InChI=1S/C8H12O3/c1-7-9-6-8(11-7)4-2-3-5-10-8/h3,5,7H,2,4,6H2,1H3. The van der Waals surface area contributed by atoms with Crippen molar-refractivity contribution in [3.05, 3.63) is 12.3 Å². The SMILES string of the molecule is CC1OCC2(CCC=CO2)O1. The Hall–Kier alpha value is -0.540. The summed E-state index contributed by atoms with van der Waals surface area (Å²) in [4.78, 5) is 0. The zero-order valence-corrected chi connectivity index (χ0v) is 6.58. The van der Waals surface area contributed by atoms with E-state index in [-0.39, 0.29) is 6.29 Å². The fourth-order valence-corrected chi connectivity index (χ4v) is 1.41. The molecule has 2 aliphatic rings. The Balaban J connectivity index is 2.05. The average molecular weight is 156 g/mol. The van der Waals surface area contributed by atoms with E-state index in [1.54, 1.807) is 6.26 Å². The second-order valence-corrected chi connectivity index (χ2v) is 2.94. The predicted molar refractivity (Wildman–Crippen MR) is 38.7 cm³/mol. The lowest BCUT2D eigenvalue weighted by molar-refractivity contribution is -0.199. The average Bonchev–Trinajstić information content (AvgIpc) is 2.34. The number of hydrogen-bond acceptors (Lipinski definition) is 3. The Kier molecular flexibility index (Phi) is 1.62. The van der Waals surface area contributed by atoms with Crippen molar-refractivity contribution in [3.63, 3.8) is 0 Å². The molecule has 2 aliphatic heterocycles. The molecule has 62 valence electrons. The molecule has 0 N–H and O–H groups in total. The molecule has 2 rings (SSSR count). The molecule has 2 unspecified atom stereocenters. The van der Waals surface area contributed by atoms with Crippen molar-refractivity contribution < 1.29 is 14.2 Å². The minimum atomic E-state index is -0.464. The van der Waals surface area contributed by atoms with Crippen molar-refractivity contribution in [3.8, 4) is 0 Å². The van der Waals surface area contributed by atoms with Crippen molar-refractivity contribution in [2.75, 3.05) is 6.61 Å². The molecule has 0 radical (unpaired) electrons. The van der Waals surface area contributed by atoms with E-state index in [9.17, 15) is 0 Å². The maximum absolute atomic E-state index is 5.49. The van der Waals surface area contributed by atoms with Gasteiger partial charge < -0.3 is 14.2 Å². The molecule has 0 bridgehead atoms. The first-order valence-corrected chi connectivity index (χ1v) is 3.93. The maximum atomic E-state index is 5.49. The molecule has 0 saturated carbocycles. The lowest BCUT2D eigenvalue weighted by Crippen LogP contribution is -2.35. The zero-order valence-electron chi connectivity index (χ0n) is 6.58. The summed E-state index contributed by atoms with van der Waals surface area (Å²) >= 11 is 0. The molecule has 11 heavy (non-hydrogen) atoms. The molecule has 1 saturated heterocycles. The Morgan fingerprint density at radius 1 is 1.55 bits per heavy atom. The highest BCUT2D eigenvalue weighted by Gasteiger charge is 2.41. The summed E-state index contributed by atoms with van der Waals surface area (Å²) < 4.78 is 16.1. The molecule has 1 spiro atoms. The quantitative estimate of drug-likeness (QED) is 0.530. The first-order valence-electron chi connectivity index (χ1n) is 3.93. The van der Waals surface area contributed by atoms with Crippen molar-refractivity contribution in [1.82, 2.24) is 0 Å². The van der Waals surface area contributed by atoms with Gasteiger partial charge in [0.1, 0.15) is 6.61 Å². The first kappa shape index (κ1) is 7.13. The second-order valence-electron chi connectivity index (χ2n) is 2.94.